The molecule has 0 spiro atoms. The van der Waals surface area contributed by atoms with Gasteiger partial charge in [0.15, 0.2) is 0 Å². The second-order valence-corrected chi connectivity index (χ2v) is 7.29. The van der Waals surface area contributed by atoms with Crippen molar-refractivity contribution in [3.05, 3.63) is 76.5 Å². The van der Waals surface area contributed by atoms with E-state index >= 15 is 0 Å². The molecule has 1 aliphatic rings. The Morgan fingerprint density at radius 3 is 2.79 bits per heavy atom. The Hall–Kier alpha value is -3.45. The van der Waals surface area contributed by atoms with Gasteiger partial charge in [-0.3, -0.25) is 9.47 Å². The highest BCUT2D eigenvalue weighted by molar-refractivity contribution is 5.79. The highest BCUT2D eigenvalue weighted by Crippen LogP contribution is 2.23. The van der Waals surface area contributed by atoms with Crippen molar-refractivity contribution in [1.29, 1.82) is 0 Å². The molecule has 5 rings (SSSR count). The number of rotatable bonds is 4. The number of hydrogen-bond acceptors (Lipinski definition) is 5. The molecule has 0 saturated heterocycles. The van der Waals surface area contributed by atoms with E-state index in [0.29, 0.717) is 18.3 Å². The van der Waals surface area contributed by atoms with Crippen molar-refractivity contribution in [3.8, 4) is 11.4 Å². The topological polar surface area (TPSA) is 80.0 Å². The molecule has 2 aromatic heterocycles. The van der Waals surface area contributed by atoms with Crippen LogP contribution in [0.3, 0.4) is 0 Å². The van der Waals surface area contributed by atoms with Crippen LogP contribution in [-0.2, 0) is 6.54 Å². The molecule has 7 heteroatoms. The van der Waals surface area contributed by atoms with Crippen LogP contribution in [0.1, 0.15) is 17.9 Å². The van der Waals surface area contributed by atoms with Crippen molar-refractivity contribution in [2.45, 2.75) is 19.9 Å². The average Bonchev–Trinajstić information content (AvgIpc) is 3.32. The molecule has 0 radical (unpaired) electrons. The minimum atomic E-state index is -0.0920. The largest absolute Gasteiger partial charge is 0.338 e. The summed E-state index contributed by atoms with van der Waals surface area (Å²) < 4.78 is 7.24. The van der Waals surface area contributed by atoms with Gasteiger partial charge in [0.2, 0.25) is 11.7 Å². The number of H-pyrrole nitrogens is 1. The molecule has 0 saturated carbocycles. The summed E-state index contributed by atoms with van der Waals surface area (Å²) in [5.74, 6) is 1.22. The van der Waals surface area contributed by atoms with Crippen LogP contribution in [0.15, 0.2) is 63.9 Å². The third kappa shape index (κ3) is 3.30. The number of aromatic nitrogens is 4. The summed E-state index contributed by atoms with van der Waals surface area (Å²) in [5, 5.41) is 4.14. The lowest BCUT2D eigenvalue weighted by molar-refractivity contribution is 0.244. The molecule has 4 aromatic rings. The van der Waals surface area contributed by atoms with Crippen LogP contribution in [0.2, 0.25) is 0 Å². The predicted octanol–water partition coefficient (Wildman–Crippen LogP) is 3.43. The monoisotopic (exact) mass is 387 g/mol. The second-order valence-electron chi connectivity index (χ2n) is 7.29. The smallest absolute Gasteiger partial charge is 0.330 e. The van der Waals surface area contributed by atoms with Crippen LogP contribution in [0, 0.1) is 6.92 Å². The van der Waals surface area contributed by atoms with Crippen LogP contribution >= 0.6 is 0 Å². The van der Waals surface area contributed by atoms with Gasteiger partial charge in [-0.15, -0.1) is 0 Å². The molecule has 0 aliphatic carbocycles. The molecule has 29 heavy (non-hydrogen) atoms. The SMILES string of the molecule is Cc1ccccc1-c1noc(CN2CC=C(n3c(=O)[nH]c4ccccc43)CC2)n1. The molecule has 3 heterocycles. The van der Waals surface area contributed by atoms with Crippen LogP contribution < -0.4 is 5.69 Å². The van der Waals surface area contributed by atoms with E-state index in [1.165, 1.54) is 0 Å². The number of nitrogens with one attached hydrogen (secondary N) is 1. The Balaban J connectivity index is 1.32. The fourth-order valence-corrected chi connectivity index (χ4v) is 3.83. The highest BCUT2D eigenvalue weighted by Gasteiger charge is 2.19. The van der Waals surface area contributed by atoms with Crippen molar-refractivity contribution in [1.82, 2.24) is 24.6 Å². The van der Waals surface area contributed by atoms with E-state index in [2.05, 4.69) is 26.1 Å². The first kappa shape index (κ1) is 17.6. The second kappa shape index (κ2) is 7.18. The maximum Gasteiger partial charge on any atom is 0.330 e. The Morgan fingerprint density at radius 2 is 1.97 bits per heavy atom. The van der Waals surface area contributed by atoms with Gasteiger partial charge in [-0.1, -0.05) is 47.6 Å². The number of benzene rings is 2. The average molecular weight is 387 g/mol. The van der Waals surface area contributed by atoms with E-state index in [0.717, 1.165) is 47.4 Å². The van der Waals surface area contributed by atoms with Crippen LogP contribution in [0.4, 0.5) is 0 Å². The van der Waals surface area contributed by atoms with Crippen LogP contribution in [-0.4, -0.2) is 37.7 Å². The maximum atomic E-state index is 12.4. The lowest BCUT2D eigenvalue weighted by Gasteiger charge is -2.25. The molecular formula is C22H21N5O2. The molecule has 1 N–H and O–H groups in total. The van der Waals surface area contributed by atoms with E-state index in [4.69, 9.17) is 4.52 Å². The summed E-state index contributed by atoms with van der Waals surface area (Å²) in [6, 6.07) is 15.8. The van der Waals surface area contributed by atoms with Gasteiger partial charge in [-0.25, -0.2) is 4.79 Å². The van der Waals surface area contributed by atoms with Crippen molar-refractivity contribution < 1.29 is 4.52 Å². The van der Waals surface area contributed by atoms with E-state index in [-0.39, 0.29) is 5.69 Å². The quantitative estimate of drug-likeness (QED) is 0.580. The zero-order chi connectivity index (χ0) is 19.8. The van der Waals surface area contributed by atoms with Crippen molar-refractivity contribution in [3.63, 3.8) is 0 Å². The van der Waals surface area contributed by atoms with E-state index in [9.17, 15) is 4.79 Å². The van der Waals surface area contributed by atoms with Gasteiger partial charge in [0.1, 0.15) is 0 Å². The molecule has 146 valence electrons. The van der Waals surface area contributed by atoms with Crippen LogP contribution in [0.5, 0.6) is 0 Å². The van der Waals surface area contributed by atoms with Gasteiger partial charge in [0.05, 0.1) is 17.6 Å². The first-order valence-corrected chi connectivity index (χ1v) is 9.69. The normalized spacial score (nSPS) is 15.0. The summed E-state index contributed by atoms with van der Waals surface area (Å²) in [6.45, 7) is 4.17. The Labute approximate surface area is 167 Å². The van der Waals surface area contributed by atoms with Gasteiger partial charge in [-0.2, -0.15) is 4.98 Å². The number of nitrogens with zero attached hydrogens (tertiary/aromatic N) is 4. The van der Waals surface area contributed by atoms with Gasteiger partial charge in [0, 0.05) is 30.8 Å². The minimum absolute atomic E-state index is 0.0920. The van der Waals surface area contributed by atoms with Crippen molar-refractivity contribution in [2.24, 2.45) is 0 Å². The van der Waals surface area contributed by atoms with Gasteiger partial charge in [-0.05, 0) is 24.6 Å². The van der Waals surface area contributed by atoms with Gasteiger partial charge < -0.3 is 9.51 Å². The molecule has 0 atom stereocenters. The summed E-state index contributed by atoms with van der Waals surface area (Å²) in [7, 11) is 0. The maximum absolute atomic E-state index is 12.4. The van der Waals surface area contributed by atoms with E-state index in [1.54, 1.807) is 4.57 Å². The fourth-order valence-electron chi connectivity index (χ4n) is 3.83. The van der Waals surface area contributed by atoms with E-state index in [1.807, 2.05) is 55.5 Å². The Bertz CT molecular complexity index is 1260. The third-order valence-corrected chi connectivity index (χ3v) is 5.36. The summed E-state index contributed by atoms with van der Waals surface area (Å²) in [4.78, 5) is 22.1. The fraction of sp³-hybridized carbons (Fsp3) is 0.227. The summed E-state index contributed by atoms with van der Waals surface area (Å²) in [6.07, 6.45) is 2.88. The zero-order valence-electron chi connectivity index (χ0n) is 16.1. The first-order valence-electron chi connectivity index (χ1n) is 9.69. The number of fused-ring (bicyclic) bond motifs is 1. The third-order valence-electron chi connectivity index (χ3n) is 5.36. The number of para-hydroxylation sites is 2. The molecule has 0 bridgehead atoms. The van der Waals surface area contributed by atoms with Gasteiger partial charge in [0.25, 0.3) is 0 Å². The molecular weight excluding hydrogens is 366 g/mol. The van der Waals surface area contributed by atoms with E-state index < -0.39 is 0 Å². The molecule has 0 fully saturated rings. The number of hydrogen-bond donors (Lipinski definition) is 1. The molecule has 2 aromatic carbocycles. The summed E-state index contributed by atoms with van der Waals surface area (Å²) in [5.41, 5.74) is 4.81. The number of aromatic amines is 1. The Kier molecular flexibility index (Phi) is 4.37. The van der Waals surface area contributed by atoms with Crippen molar-refractivity contribution >= 4 is 16.7 Å². The molecule has 1 aliphatic heterocycles. The molecule has 0 unspecified atom stereocenters. The summed E-state index contributed by atoms with van der Waals surface area (Å²) >= 11 is 0. The van der Waals surface area contributed by atoms with Crippen LogP contribution in [0.25, 0.3) is 28.1 Å². The molecule has 7 nitrogen and oxygen atoms in total. The minimum Gasteiger partial charge on any atom is -0.338 e. The van der Waals surface area contributed by atoms with Gasteiger partial charge >= 0.3 is 5.69 Å². The first-order chi connectivity index (χ1) is 14.2. The zero-order valence-corrected chi connectivity index (χ0v) is 16.1. The Morgan fingerprint density at radius 1 is 1.14 bits per heavy atom. The van der Waals surface area contributed by atoms with Crippen molar-refractivity contribution in [2.75, 3.05) is 13.1 Å². The molecule has 0 amide bonds. The predicted molar refractivity (Wildman–Crippen MR) is 111 cm³/mol. The highest BCUT2D eigenvalue weighted by atomic mass is 16.5. The lowest BCUT2D eigenvalue weighted by atomic mass is 10.1. The lowest BCUT2D eigenvalue weighted by Crippen LogP contribution is -2.30. The number of imidazole rings is 1. The standard InChI is InChI=1S/C22H21N5O2/c1-15-6-2-3-7-17(15)21-24-20(29-25-21)14-26-12-10-16(11-13-26)27-19-9-5-4-8-18(19)23-22(27)28/h2-10H,11-14H2,1H3,(H,23,28). The number of aryl methyl sites for hydroxylation is 1.